The molecule has 108 valence electrons. The summed E-state index contributed by atoms with van der Waals surface area (Å²) in [5, 5.41) is 7.73. The van der Waals surface area contributed by atoms with Gasteiger partial charge < -0.3 is 10.1 Å². The molecule has 0 spiro atoms. The van der Waals surface area contributed by atoms with E-state index in [1.807, 2.05) is 25.6 Å². The van der Waals surface area contributed by atoms with Gasteiger partial charge in [0.1, 0.15) is 12.3 Å². The molecule has 0 aliphatic heterocycles. The number of aromatic nitrogens is 2. The summed E-state index contributed by atoms with van der Waals surface area (Å²) in [7, 11) is 1.94. The molecule has 2 aromatic rings. The van der Waals surface area contributed by atoms with Crippen molar-refractivity contribution in [3.8, 4) is 5.75 Å². The van der Waals surface area contributed by atoms with Crippen molar-refractivity contribution in [2.45, 2.75) is 33.9 Å². The first-order chi connectivity index (χ1) is 9.63. The zero-order valence-electron chi connectivity index (χ0n) is 12.7. The lowest BCUT2D eigenvalue weighted by Gasteiger charge is -2.11. The van der Waals surface area contributed by atoms with E-state index in [9.17, 15) is 0 Å². The number of nitrogens with zero attached hydrogens (tertiary/aromatic N) is 2. The Labute approximate surface area is 120 Å². The van der Waals surface area contributed by atoms with E-state index in [0.717, 1.165) is 30.2 Å². The topological polar surface area (TPSA) is 39.1 Å². The van der Waals surface area contributed by atoms with Crippen LogP contribution in [-0.2, 0) is 20.2 Å². The van der Waals surface area contributed by atoms with E-state index in [4.69, 9.17) is 4.74 Å². The van der Waals surface area contributed by atoms with Gasteiger partial charge in [0.25, 0.3) is 0 Å². The van der Waals surface area contributed by atoms with Gasteiger partial charge in [0.05, 0.1) is 5.69 Å². The van der Waals surface area contributed by atoms with Crippen LogP contribution in [0.1, 0.15) is 29.4 Å². The highest BCUT2D eigenvalue weighted by molar-refractivity contribution is 5.33. The summed E-state index contributed by atoms with van der Waals surface area (Å²) >= 11 is 0. The van der Waals surface area contributed by atoms with Crippen molar-refractivity contribution >= 4 is 0 Å². The van der Waals surface area contributed by atoms with Crippen LogP contribution in [0, 0.1) is 13.8 Å². The average Bonchev–Trinajstić information content (AvgIpc) is 2.69. The van der Waals surface area contributed by atoms with Gasteiger partial charge in [-0.2, -0.15) is 5.10 Å². The molecule has 0 atom stereocenters. The molecule has 1 aromatic carbocycles. The van der Waals surface area contributed by atoms with E-state index in [2.05, 4.69) is 41.6 Å². The maximum absolute atomic E-state index is 5.98. The number of hydrogen-bond acceptors (Lipinski definition) is 3. The molecule has 2 rings (SSSR count). The zero-order valence-corrected chi connectivity index (χ0v) is 12.7. The first kappa shape index (κ1) is 14.6. The summed E-state index contributed by atoms with van der Waals surface area (Å²) < 4.78 is 7.84. The molecule has 1 aromatic heterocycles. The van der Waals surface area contributed by atoms with Crippen LogP contribution in [0.25, 0.3) is 0 Å². The molecule has 0 fully saturated rings. The normalized spacial score (nSPS) is 10.8. The maximum Gasteiger partial charge on any atom is 0.163 e. The summed E-state index contributed by atoms with van der Waals surface area (Å²) in [6, 6.07) is 8.38. The Morgan fingerprint density at radius 3 is 2.50 bits per heavy atom. The molecule has 1 heterocycles. The van der Waals surface area contributed by atoms with Gasteiger partial charge in [-0.05, 0) is 31.5 Å². The second kappa shape index (κ2) is 6.57. The SMILES string of the molecule is CCNCc1ccccc1COc1c(C)nn(C)c1C. The molecule has 20 heavy (non-hydrogen) atoms. The molecular formula is C16H23N3O. The molecule has 0 amide bonds. The quantitative estimate of drug-likeness (QED) is 0.879. The Hall–Kier alpha value is -1.81. The van der Waals surface area contributed by atoms with Gasteiger partial charge in [-0.1, -0.05) is 31.2 Å². The minimum Gasteiger partial charge on any atom is -0.485 e. The third-order valence-electron chi connectivity index (χ3n) is 3.50. The molecule has 4 nitrogen and oxygen atoms in total. The average molecular weight is 273 g/mol. The molecule has 4 heteroatoms. The molecule has 0 bridgehead atoms. The van der Waals surface area contributed by atoms with Crippen LogP contribution in [0.4, 0.5) is 0 Å². The Morgan fingerprint density at radius 2 is 1.90 bits per heavy atom. The highest BCUT2D eigenvalue weighted by Gasteiger charge is 2.11. The fourth-order valence-corrected chi connectivity index (χ4v) is 2.24. The van der Waals surface area contributed by atoms with Crippen molar-refractivity contribution in [2.24, 2.45) is 7.05 Å². The van der Waals surface area contributed by atoms with Crippen LogP contribution in [-0.4, -0.2) is 16.3 Å². The fourth-order valence-electron chi connectivity index (χ4n) is 2.24. The van der Waals surface area contributed by atoms with Crippen molar-refractivity contribution in [1.82, 2.24) is 15.1 Å². The van der Waals surface area contributed by atoms with Crippen LogP contribution < -0.4 is 10.1 Å². The predicted molar refractivity (Wildman–Crippen MR) is 80.8 cm³/mol. The van der Waals surface area contributed by atoms with Crippen molar-refractivity contribution in [1.29, 1.82) is 0 Å². The van der Waals surface area contributed by atoms with Crippen molar-refractivity contribution in [3.05, 3.63) is 46.8 Å². The maximum atomic E-state index is 5.98. The summed E-state index contributed by atoms with van der Waals surface area (Å²) in [5.74, 6) is 0.894. The molecule has 0 aliphatic rings. The third-order valence-corrected chi connectivity index (χ3v) is 3.50. The second-order valence-electron chi connectivity index (χ2n) is 4.96. The van der Waals surface area contributed by atoms with Crippen LogP contribution in [0.3, 0.4) is 0 Å². The van der Waals surface area contributed by atoms with Gasteiger partial charge in [0.15, 0.2) is 5.75 Å². The molecule has 1 N–H and O–H groups in total. The van der Waals surface area contributed by atoms with Crippen LogP contribution in [0.5, 0.6) is 5.75 Å². The van der Waals surface area contributed by atoms with Crippen molar-refractivity contribution in [3.63, 3.8) is 0 Å². The predicted octanol–water partition coefficient (Wildman–Crippen LogP) is 2.73. The summed E-state index contributed by atoms with van der Waals surface area (Å²) in [6.07, 6.45) is 0. The lowest BCUT2D eigenvalue weighted by atomic mass is 10.1. The van der Waals surface area contributed by atoms with Gasteiger partial charge in [-0.25, -0.2) is 0 Å². The minimum absolute atomic E-state index is 0.578. The monoisotopic (exact) mass is 273 g/mol. The Morgan fingerprint density at radius 1 is 1.20 bits per heavy atom. The highest BCUT2D eigenvalue weighted by Crippen LogP contribution is 2.23. The third kappa shape index (κ3) is 3.20. The molecule has 0 aliphatic carbocycles. The van der Waals surface area contributed by atoms with E-state index < -0.39 is 0 Å². The van der Waals surface area contributed by atoms with Gasteiger partial charge in [0, 0.05) is 13.6 Å². The van der Waals surface area contributed by atoms with Crippen LogP contribution >= 0.6 is 0 Å². The zero-order chi connectivity index (χ0) is 14.5. The Bertz CT molecular complexity index is 575. The lowest BCUT2D eigenvalue weighted by Crippen LogP contribution is -2.14. The largest absolute Gasteiger partial charge is 0.485 e. The Kier molecular flexibility index (Phi) is 4.79. The van der Waals surface area contributed by atoms with Crippen molar-refractivity contribution in [2.75, 3.05) is 6.54 Å². The van der Waals surface area contributed by atoms with E-state index in [1.165, 1.54) is 11.1 Å². The van der Waals surface area contributed by atoms with E-state index in [1.54, 1.807) is 0 Å². The Balaban J connectivity index is 2.10. The minimum atomic E-state index is 0.578. The summed E-state index contributed by atoms with van der Waals surface area (Å²) in [4.78, 5) is 0. The number of aryl methyl sites for hydroxylation is 2. The number of ether oxygens (including phenoxy) is 1. The molecule has 0 saturated carbocycles. The molecule has 0 saturated heterocycles. The van der Waals surface area contributed by atoms with Crippen LogP contribution in [0.2, 0.25) is 0 Å². The van der Waals surface area contributed by atoms with Gasteiger partial charge in [-0.3, -0.25) is 4.68 Å². The van der Waals surface area contributed by atoms with E-state index in [-0.39, 0.29) is 0 Å². The second-order valence-corrected chi connectivity index (χ2v) is 4.96. The van der Waals surface area contributed by atoms with Crippen LogP contribution in [0.15, 0.2) is 24.3 Å². The summed E-state index contributed by atoms with van der Waals surface area (Å²) in [6.45, 7) is 8.54. The van der Waals surface area contributed by atoms with Gasteiger partial charge in [0.2, 0.25) is 0 Å². The molecule has 0 unspecified atom stereocenters. The molecule has 0 radical (unpaired) electrons. The van der Waals surface area contributed by atoms with E-state index >= 15 is 0 Å². The van der Waals surface area contributed by atoms with Gasteiger partial charge >= 0.3 is 0 Å². The fraction of sp³-hybridized carbons (Fsp3) is 0.438. The first-order valence-corrected chi connectivity index (χ1v) is 7.04. The van der Waals surface area contributed by atoms with Gasteiger partial charge in [-0.15, -0.1) is 0 Å². The first-order valence-electron chi connectivity index (χ1n) is 7.04. The number of hydrogen-bond donors (Lipinski definition) is 1. The number of nitrogens with one attached hydrogen (secondary N) is 1. The number of benzene rings is 1. The highest BCUT2D eigenvalue weighted by atomic mass is 16.5. The van der Waals surface area contributed by atoms with E-state index in [0.29, 0.717) is 6.61 Å². The smallest absolute Gasteiger partial charge is 0.163 e. The standard InChI is InChI=1S/C16H23N3O/c1-5-17-10-14-8-6-7-9-15(14)11-20-16-12(2)18-19(4)13(16)3/h6-9,17H,5,10-11H2,1-4H3. The number of rotatable bonds is 6. The lowest BCUT2D eigenvalue weighted by molar-refractivity contribution is 0.300. The molecular weight excluding hydrogens is 250 g/mol. The van der Waals surface area contributed by atoms with Crippen molar-refractivity contribution < 1.29 is 4.74 Å². The summed E-state index contributed by atoms with van der Waals surface area (Å²) in [5.41, 5.74) is 4.51.